The SMILES string of the molecule is C=CCc1ccc2cccnc2n1.Cl. The lowest BCUT2D eigenvalue weighted by Crippen LogP contribution is -1.89. The van der Waals surface area contributed by atoms with Crippen LogP contribution in [0.1, 0.15) is 5.69 Å². The highest BCUT2D eigenvalue weighted by atomic mass is 35.5. The Kier molecular flexibility index (Phi) is 3.60. The van der Waals surface area contributed by atoms with Crippen molar-refractivity contribution in [2.24, 2.45) is 0 Å². The molecule has 2 nitrogen and oxygen atoms in total. The van der Waals surface area contributed by atoms with Crippen LogP contribution < -0.4 is 0 Å². The Hall–Kier alpha value is -1.41. The van der Waals surface area contributed by atoms with E-state index in [4.69, 9.17) is 0 Å². The van der Waals surface area contributed by atoms with Gasteiger partial charge in [-0.05, 0) is 24.3 Å². The van der Waals surface area contributed by atoms with Crippen molar-refractivity contribution in [2.75, 3.05) is 0 Å². The third kappa shape index (κ3) is 2.09. The van der Waals surface area contributed by atoms with Gasteiger partial charge in [0, 0.05) is 23.7 Å². The standard InChI is InChI=1S/C11H10N2.ClH/c1-2-4-10-7-6-9-5-3-8-12-11(9)13-10;/h2-3,5-8H,1,4H2;1H. The van der Waals surface area contributed by atoms with Gasteiger partial charge in [-0.2, -0.15) is 0 Å². The molecule has 0 atom stereocenters. The minimum Gasteiger partial charge on any atom is -0.237 e. The highest BCUT2D eigenvalue weighted by Gasteiger charge is 1.95. The fourth-order valence-corrected chi connectivity index (χ4v) is 1.25. The third-order valence-electron chi connectivity index (χ3n) is 1.88. The molecule has 0 bridgehead atoms. The molecule has 0 amide bonds. The van der Waals surface area contributed by atoms with Gasteiger partial charge in [-0.3, -0.25) is 0 Å². The molecule has 0 saturated carbocycles. The normalized spacial score (nSPS) is 9.43. The lowest BCUT2D eigenvalue weighted by molar-refractivity contribution is 1.12. The van der Waals surface area contributed by atoms with Crippen LogP contribution >= 0.6 is 12.4 Å². The Balaban J connectivity index is 0.000000980. The second-order valence-electron chi connectivity index (χ2n) is 2.85. The minimum absolute atomic E-state index is 0. The molecule has 14 heavy (non-hydrogen) atoms. The van der Waals surface area contributed by atoms with Crippen molar-refractivity contribution in [1.82, 2.24) is 9.97 Å². The van der Waals surface area contributed by atoms with Crippen LogP contribution in [0.2, 0.25) is 0 Å². The number of nitrogens with zero attached hydrogens (tertiary/aromatic N) is 2. The molecule has 0 aliphatic rings. The first kappa shape index (κ1) is 10.7. The van der Waals surface area contributed by atoms with Gasteiger partial charge < -0.3 is 0 Å². The van der Waals surface area contributed by atoms with Crippen molar-refractivity contribution >= 4 is 23.4 Å². The smallest absolute Gasteiger partial charge is 0.159 e. The molecule has 0 radical (unpaired) electrons. The predicted molar refractivity (Wildman–Crippen MR) is 60.7 cm³/mol. The summed E-state index contributed by atoms with van der Waals surface area (Å²) in [7, 11) is 0. The molecule has 0 saturated heterocycles. The van der Waals surface area contributed by atoms with Gasteiger partial charge in [0.05, 0.1) is 0 Å². The molecule has 0 N–H and O–H groups in total. The molecule has 0 aromatic carbocycles. The van der Waals surface area contributed by atoms with Gasteiger partial charge in [-0.25, -0.2) is 9.97 Å². The van der Waals surface area contributed by atoms with Crippen LogP contribution in [0.4, 0.5) is 0 Å². The first-order valence-electron chi connectivity index (χ1n) is 4.22. The third-order valence-corrected chi connectivity index (χ3v) is 1.88. The van der Waals surface area contributed by atoms with Crippen LogP contribution in [0.5, 0.6) is 0 Å². The van der Waals surface area contributed by atoms with E-state index >= 15 is 0 Å². The molecule has 2 heterocycles. The number of pyridine rings is 2. The van der Waals surface area contributed by atoms with E-state index in [1.165, 1.54) is 0 Å². The van der Waals surface area contributed by atoms with Crippen LogP contribution in [0, 0.1) is 0 Å². The Morgan fingerprint density at radius 1 is 1.29 bits per heavy atom. The lowest BCUT2D eigenvalue weighted by Gasteiger charge is -1.98. The van der Waals surface area contributed by atoms with E-state index in [1.807, 2.05) is 30.3 Å². The van der Waals surface area contributed by atoms with Crippen LogP contribution in [0.25, 0.3) is 11.0 Å². The van der Waals surface area contributed by atoms with E-state index in [0.29, 0.717) is 0 Å². The molecule has 72 valence electrons. The highest BCUT2D eigenvalue weighted by molar-refractivity contribution is 5.85. The van der Waals surface area contributed by atoms with E-state index in [2.05, 4.69) is 16.5 Å². The topological polar surface area (TPSA) is 25.8 Å². The van der Waals surface area contributed by atoms with E-state index in [1.54, 1.807) is 6.20 Å². The number of halogens is 1. The molecule has 0 fully saturated rings. The van der Waals surface area contributed by atoms with E-state index in [0.717, 1.165) is 23.1 Å². The Labute approximate surface area is 89.1 Å². The fraction of sp³-hybridized carbons (Fsp3) is 0.0909. The van der Waals surface area contributed by atoms with E-state index < -0.39 is 0 Å². The van der Waals surface area contributed by atoms with Crippen LogP contribution in [-0.2, 0) is 6.42 Å². The second kappa shape index (κ2) is 4.72. The summed E-state index contributed by atoms with van der Waals surface area (Å²) in [6.45, 7) is 3.68. The van der Waals surface area contributed by atoms with Crippen molar-refractivity contribution in [1.29, 1.82) is 0 Å². The number of fused-ring (bicyclic) bond motifs is 1. The molecule has 0 aliphatic heterocycles. The summed E-state index contributed by atoms with van der Waals surface area (Å²) in [5.41, 5.74) is 1.82. The summed E-state index contributed by atoms with van der Waals surface area (Å²) < 4.78 is 0. The number of aromatic nitrogens is 2. The lowest BCUT2D eigenvalue weighted by atomic mass is 10.2. The van der Waals surface area contributed by atoms with Gasteiger partial charge in [-0.15, -0.1) is 19.0 Å². The van der Waals surface area contributed by atoms with Crippen molar-refractivity contribution in [3.05, 3.63) is 48.8 Å². The molecule has 3 heteroatoms. The van der Waals surface area contributed by atoms with Crippen molar-refractivity contribution in [3.8, 4) is 0 Å². The highest BCUT2D eigenvalue weighted by Crippen LogP contribution is 2.09. The second-order valence-corrected chi connectivity index (χ2v) is 2.85. The average Bonchev–Trinajstić information content (AvgIpc) is 2.18. The Morgan fingerprint density at radius 3 is 2.93 bits per heavy atom. The maximum Gasteiger partial charge on any atom is 0.159 e. The molecule has 0 spiro atoms. The monoisotopic (exact) mass is 206 g/mol. The molecule has 2 rings (SSSR count). The van der Waals surface area contributed by atoms with Gasteiger partial charge in [-0.1, -0.05) is 6.08 Å². The summed E-state index contributed by atoms with van der Waals surface area (Å²) in [6.07, 6.45) is 4.40. The quantitative estimate of drug-likeness (QED) is 0.707. The number of allylic oxidation sites excluding steroid dienone is 1. The molecule has 0 unspecified atom stereocenters. The summed E-state index contributed by atoms with van der Waals surface area (Å²) in [5, 5.41) is 1.08. The Bertz CT molecular complexity index is 440. The van der Waals surface area contributed by atoms with Crippen LogP contribution in [0.3, 0.4) is 0 Å². The van der Waals surface area contributed by atoms with Crippen molar-refractivity contribution < 1.29 is 0 Å². The molecule has 0 aliphatic carbocycles. The van der Waals surface area contributed by atoms with Gasteiger partial charge in [0.2, 0.25) is 0 Å². The molecular formula is C11H11ClN2. The van der Waals surface area contributed by atoms with Gasteiger partial charge in [0.25, 0.3) is 0 Å². The fourth-order valence-electron chi connectivity index (χ4n) is 1.25. The van der Waals surface area contributed by atoms with Gasteiger partial charge in [0.1, 0.15) is 0 Å². The van der Waals surface area contributed by atoms with Gasteiger partial charge in [0.15, 0.2) is 5.65 Å². The van der Waals surface area contributed by atoms with E-state index in [-0.39, 0.29) is 12.4 Å². The summed E-state index contributed by atoms with van der Waals surface area (Å²) in [6, 6.07) is 7.96. The number of rotatable bonds is 2. The predicted octanol–water partition coefficient (Wildman–Crippen LogP) is 2.78. The largest absolute Gasteiger partial charge is 0.237 e. The van der Waals surface area contributed by atoms with E-state index in [9.17, 15) is 0 Å². The first-order chi connectivity index (χ1) is 6.40. The number of hydrogen-bond donors (Lipinski definition) is 0. The van der Waals surface area contributed by atoms with Crippen LogP contribution in [-0.4, -0.2) is 9.97 Å². The van der Waals surface area contributed by atoms with Crippen molar-refractivity contribution in [3.63, 3.8) is 0 Å². The van der Waals surface area contributed by atoms with Gasteiger partial charge >= 0.3 is 0 Å². The molecule has 2 aromatic heterocycles. The van der Waals surface area contributed by atoms with Crippen molar-refractivity contribution in [2.45, 2.75) is 6.42 Å². The first-order valence-corrected chi connectivity index (χ1v) is 4.22. The zero-order valence-electron chi connectivity index (χ0n) is 7.68. The summed E-state index contributed by atoms with van der Waals surface area (Å²) in [4.78, 5) is 8.56. The van der Waals surface area contributed by atoms with Crippen LogP contribution in [0.15, 0.2) is 43.1 Å². The molecule has 2 aromatic rings. The number of hydrogen-bond acceptors (Lipinski definition) is 2. The average molecular weight is 207 g/mol. The molecular weight excluding hydrogens is 196 g/mol. The zero-order chi connectivity index (χ0) is 9.10. The summed E-state index contributed by atoms with van der Waals surface area (Å²) >= 11 is 0. The maximum atomic E-state index is 4.38. The Morgan fingerprint density at radius 2 is 2.14 bits per heavy atom. The maximum absolute atomic E-state index is 4.38. The summed E-state index contributed by atoms with van der Waals surface area (Å²) in [5.74, 6) is 0. The minimum atomic E-state index is 0. The zero-order valence-corrected chi connectivity index (χ0v) is 8.50.